The third-order valence-corrected chi connectivity index (χ3v) is 4.94. The molecule has 1 aromatic carbocycles. The summed E-state index contributed by atoms with van der Waals surface area (Å²) in [7, 11) is 1.65. The molecule has 0 saturated heterocycles. The predicted octanol–water partition coefficient (Wildman–Crippen LogP) is 4.52. The lowest BCUT2D eigenvalue weighted by Crippen LogP contribution is -2.40. The van der Waals surface area contributed by atoms with Gasteiger partial charge in [0.25, 0.3) is 0 Å². The quantitative estimate of drug-likeness (QED) is 0.740. The van der Waals surface area contributed by atoms with Gasteiger partial charge < -0.3 is 14.8 Å². The summed E-state index contributed by atoms with van der Waals surface area (Å²) in [6, 6.07) is 6.28. The Morgan fingerprint density at radius 1 is 1.17 bits per heavy atom. The van der Waals surface area contributed by atoms with Crippen molar-refractivity contribution in [2.75, 3.05) is 12.4 Å². The molecule has 2 aromatic rings. The molecule has 9 heteroatoms. The summed E-state index contributed by atoms with van der Waals surface area (Å²) in [5.41, 5.74) is 0.187. The van der Waals surface area contributed by atoms with E-state index in [1.165, 1.54) is 24.4 Å². The second-order valence-electron chi connectivity index (χ2n) is 6.71. The third kappa shape index (κ3) is 5.88. The Bertz CT molecular complexity index is 871. The minimum atomic E-state index is -0.712. The second kappa shape index (κ2) is 9.67. The number of methoxy groups -OCH3 is 1. The Hall–Kier alpha value is -2.71. The number of carbonyl (C=O) groups excluding carboxylic acids is 2. The molecule has 0 unspecified atom stereocenters. The van der Waals surface area contributed by atoms with Crippen LogP contribution in [0.3, 0.4) is 0 Å². The number of rotatable bonds is 5. The van der Waals surface area contributed by atoms with Crippen LogP contribution in [-0.4, -0.2) is 30.1 Å². The van der Waals surface area contributed by atoms with Crippen molar-refractivity contribution in [1.29, 1.82) is 0 Å². The average Bonchev–Trinajstić information content (AvgIpc) is 2.71. The van der Waals surface area contributed by atoms with Crippen LogP contribution in [0.25, 0.3) is 0 Å². The molecule has 1 saturated carbocycles. The van der Waals surface area contributed by atoms with Crippen LogP contribution in [0.1, 0.15) is 25.7 Å². The highest BCUT2D eigenvalue weighted by atomic mass is 35.5. The largest absolute Gasteiger partial charge is 0.436 e. The Kier molecular flexibility index (Phi) is 7.00. The molecular formula is C20H21ClFN3O4. The van der Waals surface area contributed by atoms with Crippen molar-refractivity contribution in [3.8, 4) is 11.6 Å². The maximum atomic E-state index is 14.3. The zero-order chi connectivity index (χ0) is 20.8. The van der Waals surface area contributed by atoms with Crippen molar-refractivity contribution < 1.29 is 23.5 Å². The molecule has 0 bridgehead atoms. The van der Waals surface area contributed by atoms with Crippen molar-refractivity contribution in [2.45, 2.75) is 31.8 Å². The average molecular weight is 422 g/mol. The van der Waals surface area contributed by atoms with Crippen LogP contribution in [0.2, 0.25) is 5.02 Å². The summed E-state index contributed by atoms with van der Waals surface area (Å²) in [6.45, 7) is 0. The highest BCUT2D eigenvalue weighted by Crippen LogP contribution is 2.27. The molecule has 2 N–H and O–H groups in total. The third-order valence-electron chi connectivity index (χ3n) is 4.72. The van der Waals surface area contributed by atoms with E-state index in [4.69, 9.17) is 21.1 Å². The molecule has 0 atom stereocenters. The number of hydrogen-bond donors (Lipinski definition) is 2. The van der Waals surface area contributed by atoms with Crippen LogP contribution in [-0.2, 0) is 9.53 Å². The summed E-state index contributed by atoms with van der Waals surface area (Å²) in [6.07, 6.45) is 4.44. The first kappa shape index (κ1) is 21.0. The maximum absolute atomic E-state index is 14.3. The fraction of sp³-hybridized carbons (Fsp3) is 0.350. The molecule has 0 spiro atoms. The first-order valence-corrected chi connectivity index (χ1v) is 9.56. The van der Waals surface area contributed by atoms with Gasteiger partial charge in [0.2, 0.25) is 11.8 Å². The molecule has 1 fully saturated rings. The summed E-state index contributed by atoms with van der Waals surface area (Å²) in [5, 5.41) is 5.19. The number of nitrogens with one attached hydrogen (secondary N) is 2. The Labute approximate surface area is 172 Å². The SMILES string of the molecule is COC1CCC(C(=O)NC(=O)Nc2ccc(Oc3ccc(Cl)cn3)c(F)c2)CC1. The molecule has 3 amide bonds. The van der Waals surface area contributed by atoms with Crippen molar-refractivity contribution in [1.82, 2.24) is 10.3 Å². The van der Waals surface area contributed by atoms with Crippen LogP contribution in [0.5, 0.6) is 11.6 Å². The topological polar surface area (TPSA) is 89.5 Å². The molecule has 1 heterocycles. The molecule has 1 aliphatic carbocycles. The Morgan fingerprint density at radius 2 is 1.93 bits per heavy atom. The smallest absolute Gasteiger partial charge is 0.325 e. The number of amides is 3. The van der Waals surface area contributed by atoms with Crippen LogP contribution in [0.15, 0.2) is 36.5 Å². The van der Waals surface area contributed by atoms with E-state index in [-0.39, 0.29) is 35.2 Å². The van der Waals surface area contributed by atoms with E-state index >= 15 is 0 Å². The number of anilines is 1. The standard InChI is InChI=1S/C20H21ClFN3O4/c1-28-15-6-2-12(3-7-15)19(26)25-20(27)24-14-5-8-17(16(22)10-14)29-18-9-4-13(21)11-23-18/h4-5,8-12,15H,2-3,6-7H2,1H3,(H2,24,25,26,27). The monoisotopic (exact) mass is 421 g/mol. The minimum absolute atomic E-state index is 0.0586. The summed E-state index contributed by atoms with van der Waals surface area (Å²) in [5.74, 6) is -1.14. The van der Waals surface area contributed by atoms with E-state index in [2.05, 4.69) is 15.6 Å². The molecule has 29 heavy (non-hydrogen) atoms. The van der Waals surface area contributed by atoms with Gasteiger partial charge in [-0.1, -0.05) is 11.6 Å². The van der Waals surface area contributed by atoms with Crippen molar-refractivity contribution in [2.24, 2.45) is 5.92 Å². The van der Waals surface area contributed by atoms with Crippen LogP contribution < -0.4 is 15.4 Å². The molecule has 0 aliphatic heterocycles. The molecule has 1 aliphatic rings. The molecule has 7 nitrogen and oxygen atoms in total. The Morgan fingerprint density at radius 3 is 2.55 bits per heavy atom. The zero-order valence-electron chi connectivity index (χ0n) is 15.8. The van der Waals surface area contributed by atoms with Gasteiger partial charge in [0.15, 0.2) is 11.6 Å². The number of pyridine rings is 1. The van der Waals surface area contributed by atoms with Gasteiger partial charge in [-0.15, -0.1) is 0 Å². The normalized spacial score (nSPS) is 18.7. The lowest BCUT2D eigenvalue weighted by Gasteiger charge is -2.26. The number of halogens is 2. The number of benzene rings is 1. The fourth-order valence-corrected chi connectivity index (χ4v) is 3.25. The minimum Gasteiger partial charge on any atom is -0.436 e. The fourth-order valence-electron chi connectivity index (χ4n) is 3.13. The van der Waals surface area contributed by atoms with Crippen LogP contribution in [0, 0.1) is 11.7 Å². The van der Waals surface area contributed by atoms with E-state index in [1.54, 1.807) is 13.2 Å². The highest BCUT2D eigenvalue weighted by Gasteiger charge is 2.27. The van der Waals surface area contributed by atoms with Crippen LogP contribution >= 0.6 is 11.6 Å². The number of urea groups is 1. The number of hydrogen-bond acceptors (Lipinski definition) is 5. The van der Waals surface area contributed by atoms with Gasteiger partial charge >= 0.3 is 6.03 Å². The van der Waals surface area contributed by atoms with Gasteiger partial charge in [0.05, 0.1) is 11.1 Å². The van der Waals surface area contributed by atoms with Gasteiger partial charge in [-0.3, -0.25) is 10.1 Å². The van der Waals surface area contributed by atoms with Gasteiger partial charge in [0.1, 0.15) is 0 Å². The number of aromatic nitrogens is 1. The van der Waals surface area contributed by atoms with Crippen LogP contribution in [0.4, 0.5) is 14.9 Å². The molecule has 3 rings (SSSR count). The van der Waals surface area contributed by atoms with E-state index in [0.29, 0.717) is 17.9 Å². The summed E-state index contributed by atoms with van der Waals surface area (Å²) < 4.78 is 24.9. The first-order valence-electron chi connectivity index (χ1n) is 9.18. The van der Waals surface area contributed by atoms with Crippen molar-refractivity contribution >= 4 is 29.2 Å². The number of ether oxygens (including phenoxy) is 2. The molecule has 154 valence electrons. The van der Waals surface area contributed by atoms with E-state index in [0.717, 1.165) is 18.9 Å². The lowest BCUT2D eigenvalue weighted by atomic mass is 9.87. The Balaban J connectivity index is 1.53. The van der Waals surface area contributed by atoms with Gasteiger partial charge in [-0.2, -0.15) is 0 Å². The van der Waals surface area contributed by atoms with E-state index in [9.17, 15) is 14.0 Å². The van der Waals surface area contributed by atoms with Crippen molar-refractivity contribution in [3.63, 3.8) is 0 Å². The lowest BCUT2D eigenvalue weighted by molar-refractivity contribution is -0.125. The van der Waals surface area contributed by atoms with Gasteiger partial charge in [-0.05, 0) is 43.9 Å². The highest BCUT2D eigenvalue weighted by molar-refractivity contribution is 6.30. The number of imide groups is 1. The molecule has 1 aromatic heterocycles. The summed E-state index contributed by atoms with van der Waals surface area (Å²) >= 11 is 5.75. The summed E-state index contributed by atoms with van der Waals surface area (Å²) in [4.78, 5) is 28.2. The second-order valence-corrected chi connectivity index (χ2v) is 7.15. The first-order chi connectivity index (χ1) is 13.9. The number of carbonyl (C=O) groups is 2. The maximum Gasteiger partial charge on any atom is 0.325 e. The molecular weight excluding hydrogens is 401 g/mol. The van der Waals surface area contributed by atoms with E-state index in [1.807, 2.05) is 0 Å². The zero-order valence-corrected chi connectivity index (χ0v) is 16.5. The number of nitrogens with zero attached hydrogens (tertiary/aromatic N) is 1. The van der Waals surface area contributed by atoms with E-state index < -0.39 is 11.8 Å². The van der Waals surface area contributed by atoms with Gasteiger partial charge in [0, 0.05) is 37.0 Å². The van der Waals surface area contributed by atoms with Crippen molar-refractivity contribution in [3.05, 3.63) is 47.4 Å². The predicted molar refractivity (Wildman–Crippen MR) is 106 cm³/mol. The molecule has 0 radical (unpaired) electrons. The van der Waals surface area contributed by atoms with Gasteiger partial charge in [-0.25, -0.2) is 14.2 Å².